The third kappa shape index (κ3) is 10.3. The maximum Gasteiger partial charge on any atom is 0.347 e. The van der Waals surface area contributed by atoms with Crippen LogP contribution in [0.15, 0.2) is 138 Å². The number of ether oxygens (including phenoxy) is 2. The monoisotopic (exact) mass is 810 g/mol. The number of aromatic amines is 1. The quantitative estimate of drug-likeness (QED) is 0.0477. The first kappa shape index (κ1) is 41.8. The number of pyridine rings is 1. The van der Waals surface area contributed by atoms with Gasteiger partial charge in [-0.15, -0.1) is 0 Å². The predicted molar refractivity (Wildman–Crippen MR) is 228 cm³/mol. The summed E-state index contributed by atoms with van der Waals surface area (Å²) in [5.74, 6) is -0.395. The van der Waals surface area contributed by atoms with Crippen molar-refractivity contribution in [3.8, 4) is 11.5 Å². The number of rotatable bonds is 18. The molecule has 1 aliphatic rings. The minimum atomic E-state index is -2.05. The van der Waals surface area contributed by atoms with E-state index in [4.69, 9.17) is 9.47 Å². The number of likely N-dealkylation sites (tertiary alicyclic amines) is 1. The largest absolute Gasteiger partial charge is 0.506 e. The normalized spacial score (nSPS) is 15.6. The number of nitrogens with zero attached hydrogens (tertiary/aromatic N) is 1. The minimum Gasteiger partial charge on any atom is -0.506 e. The molecule has 3 atom stereocenters. The fourth-order valence-electron chi connectivity index (χ4n) is 7.58. The number of H-pyrrole nitrogens is 1. The van der Waals surface area contributed by atoms with Gasteiger partial charge < -0.3 is 40.4 Å². The summed E-state index contributed by atoms with van der Waals surface area (Å²) in [6.45, 7) is 4.10. The summed E-state index contributed by atoms with van der Waals surface area (Å²) in [5.41, 5.74) is 1.86. The first-order chi connectivity index (χ1) is 29.2. The van der Waals surface area contributed by atoms with Gasteiger partial charge in [0.1, 0.15) is 11.5 Å². The van der Waals surface area contributed by atoms with E-state index in [9.17, 15) is 29.7 Å². The van der Waals surface area contributed by atoms with Crippen molar-refractivity contribution in [3.05, 3.63) is 177 Å². The average molecular weight is 811 g/mol. The van der Waals surface area contributed by atoms with Crippen molar-refractivity contribution in [1.82, 2.24) is 20.5 Å². The highest BCUT2D eigenvalue weighted by atomic mass is 16.5. The molecule has 7 rings (SSSR count). The second-order valence-corrected chi connectivity index (χ2v) is 15.2. The molecule has 310 valence electrons. The Morgan fingerprint density at radius 2 is 1.62 bits per heavy atom. The lowest BCUT2D eigenvalue weighted by molar-refractivity contribution is -0.163. The van der Waals surface area contributed by atoms with Crippen LogP contribution in [0.4, 0.5) is 0 Å². The first-order valence-electron chi connectivity index (χ1n) is 20.2. The topological polar surface area (TPSA) is 173 Å². The Hall–Kier alpha value is -6.31. The smallest absolute Gasteiger partial charge is 0.347 e. The van der Waals surface area contributed by atoms with Gasteiger partial charge in [-0.2, -0.15) is 0 Å². The van der Waals surface area contributed by atoms with Crippen molar-refractivity contribution in [1.29, 1.82) is 0 Å². The van der Waals surface area contributed by atoms with Gasteiger partial charge in [-0.1, -0.05) is 91.0 Å². The number of fused-ring (bicyclic) bond motifs is 1. The van der Waals surface area contributed by atoms with E-state index in [1.165, 1.54) is 17.7 Å². The second-order valence-electron chi connectivity index (χ2n) is 15.2. The molecule has 12 nitrogen and oxygen atoms in total. The van der Waals surface area contributed by atoms with E-state index < -0.39 is 17.7 Å². The van der Waals surface area contributed by atoms with Crippen LogP contribution in [0.5, 0.6) is 11.5 Å². The Kier molecular flexibility index (Phi) is 13.7. The van der Waals surface area contributed by atoms with Crippen molar-refractivity contribution in [2.75, 3.05) is 39.4 Å². The summed E-state index contributed by atoms with van der Waals surface area (Å²) in [4.78, 5) is 43.3. The Morgan fingerprint density at radius 3 is 2.40 bits per heavy atom. The lowest BCUT2D eigenvalue weighted by Gasteiger charge is -2.28. The molecular formula is C48H50N4O8. The molecule has 0 aliphatic carbocycles. The number of esters is 1. The number of phenolic OH excluding ortho intramolecular Hbond substituents is 1. The zero-order valence-electron chi connectivity index (χ0n) is 33.3. The lowest BCUT2D eigenvalue weighted by Crippen LogP contribution is -2.39. The van der Waals surface area contributed by atoms with E-state index in [-0.39, 0.29) is 48.4 Å². The lowest BCUT2D eigenvalue weighted by atomic mass is 9.86. The summed E-state index contributed by atoms with van der Waals surface area (Å²) in [5, 5.41) is 39.7. The maximum absolute atomic E-state index is 13.8. The van der Waals surface area contributed by atoms with E-state index in [0.29, 0.717) is 52.9 Å². The molecule has 1 amide bonds. The summed E-state index contributed by atoms with van der Waals surface area (Å²) in [7, 11) is 0. The molecule has 1 unspecified atom stereocenters. The Bertz CT molecular complexity index is 2430. The molecule has 0 saturated carbocycles. The number of carbonyl (C=O) groups is 2. The number of aliphatic hydroxyl groups excluding tert-OH is 1. The molecule has 6 aromatic rings. The molecule has 0 bridgehead atoms. The number of hydrogen-bond donors (Lipinski definition) is 6. The van der Waals surface area contributed by atoms with Gasteiger partial charge in [-0.05, 0) is 78.0 Å². The van der Waals surface area contributed by atoms with E-state index in [1.54, 1.807) is 72.8 Å². The Labute approximate surface area is 348 Å². The van der Waals surface area contributed by atoms with Crippen LogP contribution in [0.25, 0.3) is 10.9 Å². The van der Waals surface area contributed by atoms with Gasteiger partial charge >= 0.3 is 5.97 Å². The summed E-state index contributed by atoms with van der Waals surface area (Å²) in [6, 6.07) is 39.1. The van der Waals surface area contributed by atoms with Crippen LogP contribution in [0.2, 0.25) is 0 Å². The van der Waals surface area contributed by atoms with Gasteiger partial charge in [0.2, 0.25) is 11.2 Å². The van der Waals surface area contributed by atoms with E-state index >= 15 is 0 Å². The summed E-state index contributed by atoms with van der Waals surface area (Å²) < 4.78 is 11.9. The first-order valence-corrected chi connectivity index (χ1v) is 20.2. The molecular weight excluding hydrogens is 761 g/mol. The maximum atomic E-state index is 13.8. The van der Waals surface area contributed by atoms with Crippen molar-refractivity contribution < 1.29 is 34.4 Å². The van der Waals surface area contributed by atoms with Crippen LogP contribution in [0.1, 0.15) is 57.1 Å². The zero-order chi connectivity index (χ0) is 41.9. The number of nitrogens with one attached hydrogen (secondary N) is 3. The highest BCUT2D eigenvalue weighted by Gasteiger charge is 2.42. The third-order valence-electron chi connectivity index (χ3n) is 10.8. The van der Waals surface area contributed by atoms with Crippen LogP contribution in [0.3, 0.4) is 0 Å². The summed E-state index contributed by atoms with van der Waals surface area (Å²) >= 11 is 0. The minimum absolute atomic E-state index is 0.0673. The molecule has 1 aliphatic heterocycles. The number of carbonyl (C=O) groups excluding carboxylic acids is 2. The molecule has 12 heteroatoms. The molecule has 0 radical (unpaired) electrons. The molecule has 2 heterocycles. The van der Waals surface area contributed by atoms with Gasteiger partial charge in [0.15, 0.2) is 0 Å². The van der Waals surface area contributed by atoms with Crippen molar-refractivity contribution in [2.24, 2.45) is 5.92 Å². The fraction of sp³-hybridized carbons (Fsp3) is 0.271. The van der Waals surface area contributed by atoms with Gasteiger partial charge in [0, 0.05) is 61.2 Å². The molecule has 1 fully saturated rings. The number of aliphatic hydroxyl groups is 2. The molecule has 6 N–H and O–H groups in total. The van der Waals surface area contributed by atoms with Crippen molar-refractivity contribution >= 4 is 22.8 Å². The van der Waals surface area contributed by atoms with Crippen LogP contribution < -0.4 is 20.9 Å². The third-order valence-corrected chi connectivity index (χ3v) is 10.8. The highest BCUT2D eigenvalue weighted by Crippen LogP contribution is 2.34. The van der Waals surface area contributed by atoms with Gasteiger partial charge in [0.05, 0.1) is 24.8 Å². The Balaban J connectivity index is 0.861. The van der Waals surface area contributed by atoms with Crippen LogP contribution in [-0.4, -0.2) is 76.5 Å². The number of amides is 1. The van der Waals surface area contributed by atoms with Gasteiger partial charge in [-0.3, -0.25) is 14.5 Å². The van der Waals surface area contributed by atoms with Crippen LogP contribution in [0, 0.1) is 5.92 Å². The molecule has 0 spiro atoms. The van der Waals surface area contributed by atoms with Gasteiger partial charge in [-0.25, -0.2) is 4.79 Å². The van der Waals surface area contributed by atoms with Crippen LogP contribution in [-0.2, 0) is 28.2 Å². The Morgan fingerprint density at radius 1 is 0.867 bits per heavy atom. The second kappa shape index (κ2) is 19.6. The number of benzene rings is 5. The number of hydrogen-bond acceptors (Lipinski definition) is 10. The van der Waals surface area contributed by atoms with Crippen LogP contribution >= 0.6 is 0 Å². The van der Waals surface area contributed by atoms with Crippen molar-refractivity contribution in [2.45, 2.75) is 37.6 Å². The van der Waals surface area contributed by atoms with E-state index in [1.807, 2.05) is 36.4 Å². The zero-order valence-corrected chi connectivity index (χ0v) is 33.3. The highest BCUT2D eigenvalue weighted by molar-refractivity contribution is 5.94. The number of aromatic nitrogens is 1. The predicted octanol–water partition coefficient (Wildman–Crippen LogP) is 5.56. The standard InChI is InChI=1S/C48H50N4O8/c53-42-21-19-40(41-20-22-44(55)51-45(41)42)43(54)29-49-28-33-15-17-36(18-16-33)46(56)50-24-8-26-59-39-14-7-13-38(27-39)48(58,37-11-5-2-6-12-37)47(57)60-32-35-23-25-52(31-35)30-34-9-3-1-4-10-34/h1-7,9-22,27,35,43,49,53-54,58H,8,23-26,28-32H2,(H,50,56)(H,51,55)/t35-,43+,48?/m1/s1. The fourth-order valence-corrected chi connectivity index (χ4v) is 7.58. The number of aromatic hydroxyl groups is 1. The summed E-state index contributed by atoms with van der Waals surface area (Å²) in [6.07, 6.45) is 0.531. The molecule has 1 aromatic heterocycles. The number of phenols is 1. The molecule has 60 heavy (non-hydrogen) atoms. The van der Waals surface area contributed by atoms with E-state index in [2.05, 4.69) is 32.7 Å². The van der Waals surface area contributed by atoms with Crippen molar-refractivity contribution in [3.63, 3.8) is 0 Å². The van der Waals surface area contributed by atoms with Gasteiger partial charge in [0.25, 0.3) is 5.91 Å². The molecule has 5 aromatic carbocycles. The SMILES string of the molecule is O=C(NCCCOc1cccc(C(O)(C(=O)OC[C@@H]2CCN(Cc3ccccc3)C2)c2ccccc2)c1)c1ccc(CNC[C@H](O)c2ccc(O)c3[nH]c(=O)ccc23)cc1. The molecule has 1 saturated heterocycles. The average Bonchev–Trinajstić information content (AvgIpc) is 3.73. The van der Waals surface area contributed by atoms with E-state index in [0.717, 1.165) is 31.6 Å².